The second kappa shape index (κ2) is 9.07. The molecule has 1 aliphatic heterocycles. The van der Waals surface area contributed by atoms with Crippen LogP contribution in [0.25, 0.3) is 0 Å². The third-order valence-corrected chi connectivity index (χ3v) is 3.68. The lowest BCUT2D eigenvalue weighted by molar-refractivity contribution is -0.130. The van der Waals surface area contributed by atoms with Crippen molar-refractivity contribution in [2.75, 3.05) is 26.2 Å². The van der Waals surface area contributed by atoms with Crippen LogP contribution in [-0.2, 0) is 9.59 Å². The van der Waals surface area contributed by atoms with Gasteiger partial charge in [0.1, 0.15) is 5.75 Å². The van der Waals surface area contributed by atoms with Crippen LogP contribution in [0.15, 0.2) is 30.3 Å². The largest absolute Gasteiger partial charge is 0.494 e. The number of rotatable bonds is 8. The van der Waals surface area contributed by atoms with Gasteiger partial charge in [0, 0.05) is 32.5 Å². The lowest BCUT2D eigenvalue weighted by Gasteiger charge is -2.15. The molecular weight excluding hydrogens is 280 g/mol. The molecule has 0 bridgehead atoms. The number of para-hydroxylation sites is 1. The summed E-state index contributed by atoms with van der Waals surface area (Å²) in [6, 6.07) is 9.55. The van der Waals surface area contributed by atoms with Crippen LogP contribution < -0.4 is 10.1 Å². The first-order valence-corrected chi connectivity index (χ1v) is 7.98. The molecule has 1 aliphatic rings. The Balaban J connectivity index is 1.50. The molecule has 1 heterocycles. The molecule has 0 radical (unpaired) electrons. The molecule has 0 aliphatic carbocycles. The second-order valence-electron chi connectivity index (χ2n) is 5.45. The Morgan fingerprint density at radius 1 is 1.09 bits per heavy atom. The summed E-state index contributed by atoms with van der Waals surface area (Å²) in [5, 5.41) is 2.79. The van der Waals surface area contributed by atoms with Crippen molar-refractivity contribution in [1.82, 2.24) is 10.2 Å². The Kier molecular flexibility index (Phi) is 6.74. The number of nitrogens with one attached hydrogen (secondary N) is 1. The number of carbonyl (C=O) groups is 2. The number of likely N-dealkylation sites (tertiary alicyclic amines) is 1. The van der Waals surface area contributed by atoms with Gasteiger partial charge in [-0.05, 0) is 31.4 Å². The summed E-state index contributed by atoms with van der Waals surface area (Å²) in [6.45, 7) is 2.67. The highest BCUT2D eigenvalue weighted by Gasteiger charge is 2.17. The number of amides is 2. The normalized spacial score (nSPS) is 13.9. The smallest absolute Gasteiger partial charge is 0.224 e. The van der Waals surface area contributed by atoms with Crippen molar-refractivity contribution in [3.8, 4) is 5.75 Å². The fourth-order valence-electron chi connectivity index (χ4n) is 2.46. The van der Waals surface area contributed by atoms with Crippen molar-refractivity contribution in [3.63, 3.8) is 0 Å². The first-order valence-electron chi connectivity index (χ1n) is 7.98. The summed E-state index contributed by atoms with van der Waals surface area (Å²) < 4.78 is 5.53. The lowest BCUT2D eigenvalue weighted by Crippen LogP contribution is -2.32. The Hall–Kier alpha value is -2.04. The minimum Gasteiger partial charge on any atom is -0.494 e. The maximum absolute atomic E-state index is 11.8. The van der Waals surface area contributed by atoms with Gasteiger partial charge >= 0.3 is 0 Å². The monoisotopic (exact) mass is 304 g/mol. The van der Waals surface area contributed by atoms with Crippen molar-refractivity contribution >= 4 is 11.8 Å². The molecule has 0 atom stereocenters. The lowest BCUT2D eigenvalue weighted by atomic mass is 10.3. The fraction of sp³-hybridized carbons (Fsp3) is 0.529. The van der Waals surface area contributed by atoms with E-state index < -0.39 is 0 Å². The second-order valence-corrected chi connectivity index (χ2v) is 5.45. The van der Waals surface area contributed by atoms with Crippen LogP contribution in [0.4, 0.5) is 0 Å². The van der Waals surface area contributed by atoms with E-state index in [0.717, 1.165) is 31.7 Å². The van der Waals surface area contributed by atoms with Crippen LogP contribution in [-0.4, -0.2) is 43.0 Å². The van der Waals surface area contributed by atoms with E-state index in [4.69, 9.17) is 4.74 Å². The van der Waals surface area contributed by atoms with Crippen molar-refractivity contribution in [2.45, 2.75) is 32.1 Å². The van der Waals surface area contributed by atoms with Gasteiger partial charge in [0.05, 0.1) is 6.61 Å². The van der Waals surface area contributed by atoms with Gasteiger partial charge in [-0.15, -0.1) is 0 Å². The number of benzene rings is 1. The summed E-state index contributed by atoms with van der Waals surface area (Å²) in [4.78, 5) is 25.3. The molecule has 0 unspecified atom stereocenters. The maximum atomic E-state index is 11.8. The van der Waals surface area contributed by atoms with Crippen molar-refractivity contribution in [2.24, 2.45) is 0 Å². The van der Waals surface area contributed by atoms with Crippen LogP contribution in [0.1, 0.15) is 32.1 Å². The summed E-state index contributed by atoms with van der Waals surface area (Å²) >= 11 is 0. The number of ether oxygens (including phenoxy) is 1. The first kappa shape index (κ1) is 16.3. The molecule has 22 heavy (non-hydrogen) atoms. The number of nitrogens with zero attached hydrogens (tertiary/aromatic N) is 1. The van der Waals surface area contributed by atoms with E-state index in [2.05, 4.69) is 5.32 Å². The Morgan fingerprint density at radius 3 is 2.55 bits per heavy atom. The van der Waals surface area contributed by atoms with Gasteiger partial charge in [0.2, 0.25) is 11.8 Å². The molecule has 120 valence electrons. The van der Waals surface area contributed by atoms with E-state index in [-0.39, 0.29) is 11.8 Å². The Morgan fingerprint density at radius 2 is 1.82 bits per heavy atom. The molecule has 5 heteroatoms. The predicted octanol–water partition coefficient (Wildman–Crippen LogP) is 1.97. The highest BCUT2D eigenvalue weighted by atomic mass is 16.5. The summed E-state index contributed by atoms with van der Waals surface area (Å²) in [7, 11) is 0. The molecule has 5 nitrogen and oxygen atoms in total. The quantitative estimate of drug-likeness (QED) is 0.747. The molecule has 0 spiro atoms. The molecule has 1 saturated heterocycles. The molecular formula is C17H24N2O3. The third-order valence-electron chi connectivity index (χ3n) is 3.68. The van der Waals surface area contributed by atoms with E-state index >= 15 is 0 Å². The zero-order valence-electron chi connectivity index (χ0n) is 12.9. The first-order chi connectivity index (χ1) is 10.8. The molecule has 2 amide bonds. The summed E-state index contributed by atoms with van der Waals surface area (Å²) in [5.41, 5.74) is 0. The van der Waals surface area contributed by atoms with Gasteiger partial charge in [-0.3, -0.25) is 9.59 Å². The van der Waals surface area contributed by atoms with Crippen LogP contribution in [0.2, 0.25) is 0 Å². The van der Waals surface area contributed by atoms with Gasteiger partial charge in [-0.25, -0.2) is 0 Å². The SMILES string of the molecule is O=C(CCCOc1ccccc1)NCCC(=O)N1CCCC1. The molecule has 1 aromatic carbocycles. The van der Waals surface area contributed by atoms with Crippen molar-refractivity contribution in [3.05, 3.63) is 30.3 Å². The molecule has 1 fully saturated rings. The standard InChI is InChI=1S/C17H24N2O3/c20-16(9-6-14-22-15-7-2-1-3-8-15)18-11-10-17(21)19-12-4-5-13-19/h1-3,7-8H,4-6,9-14H2,(H,18,20). The molecule has 2 rings (SSSR count). The highest BCUT2D eigenvalue weighted by molar-refractivity contribution is 5.79. The van der Waals surface area contributed by atoms with Crippen molar-refractivity contribution in [1.29, 1.82) is 0 Å². The molecule has 0 saturated carbocycles. The highest BCUT2D eigenvalue weighted by Crippen LogP contribution is 2.09. The summed E-state index contributed by atoms with van der Waals surface area (Å²) in [6.07, 6.45) is 3.68. The average Bonchev–Trinajstić information content (AvgIpc) is 3.07. The van der Waals surface area contributed by atoms with Crippen molar-refractivity contribution < 1.29 is 14.3 Å². The van der Waals surface area contributed by atoms with Gasteiger partial charge in [-0.2, -0.15) is 0 Å². The zero-order chi connectivity index (χ0) is 15.6. The zero-order valence-corrected chi connectivity index (χ0v) is 12.9. The van der Waals surface area contributed by atoms with E-state index in [9.17, 15) is 9.59 Å². The van der Waals surface area contributed by atoms with Gasteiger partial charge in [0.25, 0.3) is 0 Å². The van der Waals surface area contributed by atoms with E-state index in [0.29, 0.717) is 32.4 Å². The molecule has 1 N–H and O–H groups in total. The number of hydrogen-bond acceptors (Lipinski definition) is 3. The molecule has 1 aromatic rings. The van der Waals surface area contributed by atoms with Crippen LogP contribution in [0, 0.1) is 0 Å². The number of hydrogen-bond donors (Lipinski definition) is 1. The minimum atomic E-state index is -0.0223. The van der Waals surface area contributed by atoms with Gasteiger partial charge in [0.15, 0.2) is 0 Å². The topological polar surface area (TPSA) is 58.6 Å². The summed E-state index contributed by atoms with van der Waals surface area (Å²) in [5.74, 6) is 0.940. The van der Waals surface area contributed by atoms with Gasteiger partial charge in [-0.1, -0.05) is 18.2 Å². The van der Waals surface area contributed by atoms with E-state index in [1.165, 1.54) is 0 Å². The van der Waals surface area contributed by atoms with E-state index in [1.807, 2.05) is 35.2 Å². The van der Waals surface area contributed by atoms with Crippen LogP contribution in [0.5, 0.6) is 5.75 Å². The average molecular weight is 304 g/mol. The molecule has 0 aromatic heterocycles. The maximum Gasteiger partial charge on any atom is 0.224 e. The Labute approximate surface area is 131 Å². The predicted molar refractivity (Wildman–Crippen MR) is 84.6 cm³/mol. The van der Waals surface area contributed by atoms with Crippen LogP contribution >= 0.6 is 0 Å². The van der Waals surface area contributed by atoms with Gasteiger partial charge < -0.3 is 15.0 Å². The fourth-order valence-corrected chi connectivity index (χ4v) is 2.46. The third kappa shape index (κ3) is 5.76. The Bertz CT molecular complexity index is 470. The van der Waals surface area contributed by atoms with Crippen LogP contribution in [0.3, 0.4) is 0 Å². The van der Waals surface area contributed by atoms with E-state index in [1.54, 1.807) is 0 Å². The number of carbonyl (C=O) groups excluding carboxylic acids is 2. The minimum absolute atomic E-state index is 0.0223.